The van der Waals surface area contributed by atoms with Gasteiger partial charge in [-0.25, -0.2) is 9.78 Å². The fourth-order valence-corrected chi connectivity index (χ4v) is 4.29. The van der Waals surface area contributed by atoms with Crippen molar-refractivity contribution in [1.82, 2.24) is 9.97 Å². The molecule has 1 aliphatic rings. The number of ether oxygens (including phenoxy) is 2. The van der Waals surface area contributed by atoms with Gasteiger partial charge in [0.15, 0.2) is 0 Å². The van der Waals surface area contributed by atoms with E-state index >= 15 is 0 Å². The number of anilines is 1. The molecule has 1 aromatic heterocycles. The van der Waals surface area contributed by atoms with Gasteiger partial charge in [-0.3, -0.25) is 10.1 Å². The molecule has 3 aromatic rings. The van der Waals surface area contributed by atoms with Crippen LogP contribution in [0, 0.1) is 0 Å². The molecule has 0 bridgehead atoms. The first-order valence-corrected chi connectivity index (χ1v) is 10.9. The number of carbonyl (C=O) groups excluding carboxylic acids is 2. The Labute approximate surface area is 196 Å². The fourth-order valence-electron chi connectivity index (χ4n) is 4.04. The molecule has 4 N–H and O–H groups in total. The number of carbonyl (C=O) groups is 2. The van der Waals surface area contributed by atoms with E-state index in [0.717, 1.165) is 24.0 Å². The lowest BCUT2D eigenvalue weighted by Crippen LogP contribution is -2.16. The van der Waals surface area contributed by atoms with Gasteiger partial charge in [0, 0.05) is 31.0 Å². The highest BCUT2D eigenvalue weighted by Gasteiger charge is 2.24. The van der Waals surface area contributed by atoms with Crippen molar-refractivity contribution >= 4 is 29.4 Å². The Morgan fingerprint density at radius 3 is 2.64 bits per heavy atom. The van der Waals surface area contributed by atoms with Gasteiger partial charge in [0.25, 0.3) is 0 Å². The van der Waals surface area contributed by atoms with E-state index in [2.05, 4.69) is 32.2 Å². The summed E-state index contributed by atoms with van der Waals surface area (Å²) in [6, 6.07) is 13.0. The largest absolute Gasteiger partial charge is 0.462 e. The molecule has 0 aliphatic heterocycles. The van der Waals surface area contributed by atoms with E-state index in [-0.39, 0.29) is 18.1 Å². The lowest BCUT2D eigenvalue weighted by molar-refractivity contribution is -0.145. The Morgan fingerprint density at radius 1 is 1.21 bits per heavy atom. The van der Waals surface area contributed by atoms with Crippen LogP contribution in [0.3, 0.4) is 0 Å². The summed E-state index contributed by atoms with van der Waals surface area (Å²) in [4.78, 5) is 30.3. The number of hydrogen-bond donors (Lipinski definition) is 3. The van der Waals surface area contributed by atoms with Crippen molar-refractivity contribution in [2.75, 3.05) is 12.4 Å². The molecule has 0 saturated heterocycles. The summed E-state index contributed by atoms with van der Waals surface area (Å²) in [6.45, 7) is 1.43. The second kappa shape index (κ2) is 9.64. The maximum atomic E-state index is 11.3. The van der Waals surface area contributed by atoms with Crippen molar-refractivity contribution in [2.24, 2.45) is 5.73 Å². The second-order valence-electron chi connectivity index (χ2n) is 8.03. The number of amides is 1. The normalized spacial score (nSPS) is 15.6. The highest BCUT2D eigenvalue weighted by Crippen LogP contribution is 2.30. The second-order valence-corrected chi connectivity index (χ2v) is 8.41. The average Bonchev–Trinajstić information content (AvgIpc) is 3.36. The molecule has 9 heteroatoms. The zero-order valence-corrected chi connectivity index (χ0v) is 19.1. The smallest absolute Gasteiger partial charge is 0.411 e. The van der Waals surface area contributed by atoms with E-state index in [1.54, 1.807) is 12.1 Å². The summed E-state index contributed by atoms with van der Waals surface area (Å²) in [7, 11) is 1.31. The van der Waals surface area contributed by atoms with Crippen LogP contribution in [-0.2, 0) is 33.5 Å². The van der Waals surface area contributed by atoms with Crippen molar-refractivity contribution in [1.29, 1.82) is 0 Å². The Kier molecular flexibility index (Phi) is 6.67. The van der Waals surface area contributed by atoms with Crippen LogP contribution < -0.4 is 11.1 Å². The number of H-pyrrole nitrogens is 1. The number of benzene rings is 2. The van der Waals surface area contributed by atoms with E-state index in [4.69, 9.17) is 22.1 Å². The van der Waals surface area contributed by atoms with Gasteiger partial charge in [0.1, 0.15) is 22.8 Å². The van der Waals surface area contributed by atoms with E-state index in [1.165, 1.54) is 25.2 Å². The summed E-state index contributed by atoms with van der Waals surface area (Å²) in [5.74, 6) is 0.333. The number of nitrogens with one attached hydrogen (secondary N) is 2. The fraction of sp³-hybridized carbons (Fsp3) is 0.292. The standard InChI is InChI=1S/C24H25ClN4O4/c1-13(30)33-19-11-16-4-3-14(9-17(16)12-19)10-20(26)23-28-21(22(25)29-23)15-5-7-18(8-6-15)27-24(31)32-2/h3-9,19-20H,10-12,26H2,1-2H3,(H,27,31)(H,28,29). The molecular formula is C24H25ClN4O4. The number of nitrogens with zero attached hydrogens (tertiary/aromatic N) is 1. The van der Waals surface area contributed by atoms with Crippen LogP contribution in [0.15, 0.2) is 42.5 Å². The third-order valence-electron chi connectivity index (χ3n) is 5.57. The molecule has 1 aliphatic carbocycles. The lowest BCUT2D eigenvalue weighted by Gasteiger charge is -2.10. The first kappa shape index (κ1) is 22.8. The highest BCUT2D eigenvalue weighted by molar-refractivity contribution is 6.31. The number of methoxy groups -OCH3 is 1. The molecule has 0 fully saturated rings. The van der Waals surface area contributed by atoms with Gasteiger partial charge in [0.05, 0.1) is 13.2 Å². The first-order valence-electron chi connectivity index (χ1n) is 10.6. The van der Waals surface area contributed by atoms with E-state index in [1.807, 2.05) is 18.2 Å². The number of nitrogens with two attached hydrogens (primary N) is 1. The molecule has 2 unspecified atom stereocenters. The molecule has 2 aromatic carbocycles. The zero-order chi connectivity index (χ0) is 23.5. The molecule has 4 rings (SSSR count). The number of aromatic nitrogens is 2. The SMILES string of the molecule is COC(=O)Nc1ccc(-c2nc(C(N)Cc3ccc4c(c3)CC(OC(C)=O)C4)[nH]c2Cl)cc1. The van der Waals surface area contributed by atoms with E-state index < -0.39 is 6.09 Å². The minimum atomic E-state index is -0.540. The Morgan fingerprint density at radius 2 is 1.94 bits per heavy atom. The van der Waals surface area contributed by atoms with Gasteiger partial charge < -0.3 is 20.2 Å². The summed E-state index contributed by atoms with van der Waals surface area (Å²) >= 11 is 6.40. The molecule has 0 saturated carbocycles. The number of imidazole rings is 1. The molecule has 8 nitrogen and oxygen atoms in total. The van der Waals surface area contributed by atoms with Gasteiger partial charge in [-0.05, 0) is 35.2 Å². The third kappa shape index (κ3) is 5.35. The lowest BCUT2D eigenvalue weighted by atomic mass is 10.0. The van der Waals surface area contributed by atoms with Crippen molar-refractivity contribution in [3.05, 3.63) is 70.1 Å². The first-order chi connectivity index (χ1) is 15.8. The predicted molar refractivity (Wildman–Crippen MR) is 125 cm³/mol. The molecule has 1 heterocycles. The quantitative estimate of drug-likeness (QED) is 0.467. The maximum absolute atomic E-state index is 11.3. The number of rotatable bonds is 6. The molecule has 1 amide bonds. The summed E-state index contributed by atoms with van der Waals surface area (Å²) in [6.07, 6.45) is 1.41. The van der Waals surface area contributed by atoms with Crippen LogP contribution in [0.1, 0.15) is 35.5 Å². The molecule has 2 atom stereocenters. The topological polar surface area (TPSA) is 119 Å². The van der Waals surface area contributed by atoms with Gasteiger partial charge in [-0.15, -0.1) is 0 Å². The maximum Gasteiger partial charge on any atom is 0.411 e. The van der Waals surface area contributed by atoms with Gasteiger partial charge in [-0.1, -0.05) is 41.9 Å². The van der Waals surface area contributed by atoms with Crippen LogP contribution in [0.5, 0.6) is 0 Å². The van der Waals surface area contributed by atoms with Crippen LogP contribution in [-0.4, -0.2) is 35.2 Å². The molecule has 172 valence electrons. The minimum Gasteiger partial charge on any atom is -0.462 e. The Bertz CT molecular complexity index is 1180. The summed E-state index contributed by atoms with van der Waals surface area (Å²) in [5.41, 5.74) is 11.9. The van der Waals surface area contributed by atoms with Crippen molar-refractivity contribution < 1.29 is 19.1 Å². The average molecular weight is 469 g/mol. The zero-order valence-electron chi connectivity index (χ0n) is 18.4. The number of aromatic amines is 1. The van der Waals surface area contributed by atoms with Crippen LogP contribution in [0.25, 0.3) is 11.3 Å². The molecule has 0 spiro atoms. The number of halogens is 1. The Balaban J connectivity index is 1.44. The van der Waals surface area contributed by atoms with Gasteiger partial charge in [-0.2, -0.15) is 0 Å². The number of hydrogen-bond acceptors (Lipinski definition) is 6. The van der Waals surface area contributed by atoms with Gasteiger partial charge in [0.2, 0.25) is 0 Å². The number of fused-ring (bicyclic) bond motifs is 1. The van der Waals surface area contributed by atoms with Gasteiger partial charge >= 0.3 is 12.1 Å². The van der Waals surface area contributed by atoms with Crippen molar-refractivity contribution in [2.45, 2.75) is 38.3 Å². The van der Waals surface area contributed by atoms with Crippen LogP contribution in [0.2, 0.25) is 5.15 Å². The van der Waals surface area contributed by atoms with Crippen LogP contribution >= 0.6 is 11.6 Å². The minimum absolute atomic E-state index is 0.0953. The van der Waals surface area contributed by atoms with E-state index in [9.17, 15) is 9.59 Å². The summed E-state index contributed by atoms with van der Waals surface area (Å²) in [5, 5.41) is 2.99. The van der Waals surface area contributed by atoms with E-state index in [0.29, 0.717) is 28.8 Å². The monoisotopic (exact) mass is 468 g/mol. The predicted octanol–water partition coefficient (Wildman–Crippen LogP) is 4.18. The molecular weight excluding hydrogens is 444 g/mol. The third-order valence-corrected chi connectivity index (χ3v) is 5.85. The molecule has 33 heavy (non-hydrogen) atoms. The highest BCUT2D eigenvalue weighted by atomic mass is 35.5. The summed E-state index contributed by atoms with van der Waals surface area (Å²) < 4.78 is 9.94. The molecule has 0 radical (unpaired) electrons. The van der Waals surface area contributed by atoms with Crippen molar-refractivity contribution in [3.63, 3.8) is 0 Å². The van der Waals surface area contributed by atoms with Crippen molar-refractivity contribution in [3.8, 4) is 11.3 Å². The van der Waals surface area contributed by atoms with Crippen LogP contribution in [0.4, 0.5) is 10.5 Å². The Hall–Kier alpha value is -3.36. The number of esters is 1.